The van der Waals surface area contributed by atoms with Gasteiger partial charge in [0.25, 0.3) is 0 Å². The molecule has 0 aliphatic rings. The molecule has 0 spiro atoms. The van der Waals surface area contributed by atoms with E-state index in [0.29, 0.717) is 0 Å². The summed E-state index contributed by atoms with van der Waals surface area (Å²) in [5.74, 6) is 0.905. The fourth-order valence-corrected chi connectivity index (χ4v) is 9.19. The molecule has 0 amide bonds. The highest BCUT2D eigenvalue weighted by Crippen LogP contribution is 2.37. The van der Waals surface area contributed by atoms with Crippen molar-refractivity contribution < 1.29 is 0 Å². The Balaban J connectivity index is 0.960. The summed E-state index contributed by atoms with van der Waals surface area (Å²) in [7, 11) is 0. The van der Waals surface area contributed by atoms with E-state index < -0.39 is 0 Å². The average molecular weight is 753 g/mol. The third kappa shape index (κ3) is 5.34. The van der Waals surface area contributed by atoms with E-state index in [1.165, 1.54) is 43.6 Å². The largest absolute Gasteiger partial charge is 0.309 e. The Morgan fingerprint density at radius 1 is 0.254 bits per heavy atom. The first-order valence-corrected chi connectivity index (χ1v) is 20.1. The second-order valence-electron chi connectivity index (χ2n) is 15.2. The maximum Gasteiger partial charge on any atom is 0.145 e. The molecule has 0 radical (unpaired) electrons. The first-order chi connectivity index (χ1) is 29.3. The van der Waals surface area contributed by atoms with E-state index in [-0.39, 0.29) is 0 Å². The molecule has 0 saturated heterocycles. The summed E-state index contributed by atoms with van der Waals surface area (Å²) in [4.78, 5) is 5.28. The van der Waals surface area contributed by atoms with Crippen LogP contribution in [0.2, 0.25) is 0 Å². The van der Waals surface area contributed by atoms with Crippen LogP contribution in [0, 0.1) is 0 Å². The summed E-state index contributed by atoms with van der Waals surface area (Å²) in [5, 5.41) is 5.04. The van der Waals surface area contributed by atoms with Gasteiger partial charge in [0.1, 0.15) is 5.82 Å². The van der Waals surface area contributed by atoms with Crippen molar-refractivity contribution in [3.63, 3.8) is 0 Å². The molecule has 276 valence electrons. The second-order valence-corrected chi connectivity index (χ2v) is 15.2. The van der Waals surface area contributed by atoms with Crippen molar-refractivity contribution in [2.24, 2.45) is 0 Å². The first kappa shape index (κ1) is 33.2. The van der Waals surface area contributed by atoms with E-state index in [4.69, 9.17) is 4.98 Å². The lowest BCUT2D eigenvalue weighted by molar-refractivity contribution is 1.10. The second kappa shape index (κ2) is 13.3. The zero-order valence-corrected chi connectivity index (χ0v) is 32.1. The molecule has 0 fully saturated rings. The number of imidazole rings is 1. The Hall–Kier alpha value is -7.95. The van der Waals surface area contributed by atoms with E-state index >= 15 is 0 Å². The molecule has 4 heteroatoms. The molecule has 4 nitrogen and oxygen atoms in total. The van der Waals surface area contributed by atoms with Gasteiger partial charge in [-0.3, -0.25) is 4.57 Å². The molecule has 9 aromatic carbocycles. The third-order valence-electron chi connectivity index (χ3n) is 11.8. The quantitative estimate of drug-likeness (QED) is 0.166. The molecule has 3 heterocycles. The number of para-hydroxylation sites is 6. The highest BCUT2D eigenvalue weighted by Gasteiger charge is 2.18. The van der Waals surface area contributed by atoms with E-state index in [2.05, 4.69) is 232 Å². The molecule has 12 rings (SSSR count). The van der Waals surface area contributed by atoms with Crippen LogP contribution in [-0.2, 0) is 0 Å². The van der Waals surface area contributed by atoms with Crippen LogP contribution in [-0.4, -0.2) is 18.7 Å². The van der Waals surface area contributed by atoms with Crippen molar-refractivity contribution in [1.29, 1.82) is 0 Å². The number of rotatable bonds is 6. The van der Waals surface area contributed by atoms with Gasteiger partial charge in [-0.1, -0.05) is 140 Å². The number of aromatic nitrogens is 4. The molecule has 12 aromatic rings. The minimum absolute atomic E-state index is 0.905. The van der Waals surface area contributed by atoms with Crippen molar-refractivity contribution >= 4 is 54.6 Å². The highest BCUT2D eigenvalue weighted by molar-refractivity contribution is 6.10. The summed E-state index contributed by atoms with van der Waals surface area (Å²) in [6.45, 7) is 0. The lowest BCUT2D eigenvalue weighted by Crippen LogP contribution is -1.99. The number of fused-ring (bicyclic) bond motifs is 7. The number of hydrogen-bond donors (Lipinski definition) is 0. The van der Waals surface area contributed by atoms with Gasteiger partial charge in [-0.05, 0) is 101 Å². The Labute approximate surface area is 341 Å². The van der Waals surface area contributed by atoms with Gasteiger partial charge in [0, 0.05) is 44.2 Å². The van der Waals surface area contributed by atoms with Crippen LogP contribution in [0.5, 0.6) is 0 Å². The van der Waals surface area contributed by atoms with Gasteiger partial charge in [0.15, 0.2) is 0 Å². The van der Waals surface area contributed by atoms with Crippen molar-refractivity contribution in [1.82, 2.24) is 18.7 Å². The van der Waals surface area contributed by atoms with Gasteiger partial charge in [0.2, 0.25) is 0 Å². The van der Waals surface area contributed by atoms with E-state index in [1.54, 1.807) is 0 Å². The van der Waals surface area contributed by atoms with Gasteiger partial charge in [-0.15, -0.1) is 0 Å². The SMILES string of the molecule is c1cc(-c2cccc(-n3c4ccccc4c4ccccc43)c2)cc(-c2nc3ccccc3n2-c2cccc(-c3cccc(-n4c5ccccc5c5ccccc54)c3)c2)c1. The van der Waals surface area contributed by atoms with Crippen LogP contribution >= 0.6 is 0 Å². The molecular weight excluding hydrogens is 717 g/mol. The van der Waals surface area contributed by atoms with Crippen LogP contribution < -0.4 is 0 Å². The normalized spacial score (nSPS) is 11.7. The maximum atomic E-state index is 5.28. The van der Waals surface area contributed by atoms with Gasteiger partial charge in [-0.25, -0.2) is 4.98 Å². The average Bonchev–Trinajstić information content (AvgIpc) is 3.98. The zero-order chi connectivity index (χ0) is 38.9. The molecule has 0 N–H and O–H groups in total. The smallest absolute Gasteiger partial charge is 0.145 e. The third-order valence-corrected chi connectivity index (χ3v) is 11.8. The number of benzene rings is 9. The minimum atomic E-state index is 0.905. The molecular formula is C55H36N4. The van der Waals surface area contributed by atoms with Crippen LogP contribution in [0.15, 0.2) is 218 Å². The van der Waals surface area contributed by atoms with Crippen molar-refractivity contribution in [3.05, 3.63) is 218 Å². The van der Waals surface area contributed by atoms with Crippen LogP contribution in [0.25, 0.3) is 105 Å². The summed E-state index contributed by atoms with van der Waals surface area (Å²) < 4.78 is 7.07. The lowest BCUT2D eigenvalue weighted by Gasteiger charge is -2.14. The maximum absolute atomic E-state index is 5.28. The Kier molecular flexibility index (Phi) is 7.50. The topological polar surface area (TPSA) is 27.7 Å². The number of hydrogen-bond acceptors (Lipinski definition) is 1. The van der Waals surface area contributed by atoms with Crippen LogP contribution in [0.4, 0.5) is 0 Å². The molecule has 0 unspecified atom stereocenters. The molecule has 0 saturated carbocycles. The minimum Gasteiger partial charge on any atom is -0.309 e. The highest BCUT2D eigenvalue weighted by atomic mass is 15.1. The van der Waals surface area contributed by atoms with E-state index in [0.717, 1.165) is 61.7 Å². The molecule has 59 heavy (non-hydrogen) atoms. The van der Waals surface area contributed by atoms with Gasteiger partial charge < -0.3 is 9.13 Å². The molecule has 0 aliphatic carbocycles. The van der Waals surface area contributed by atoms with Crippen molar-refractivity contribution in [3.8, 4) is 50.7 Å². The summed E-state index contributed by atoms with van der Waals surface area (Å²) in [6.07, 6.45) is 0. The van der Waals surface area contributed by atoms with Gasteiger partial charge in [-0.2, -0.15) is 0 Å². The summed E-state index contributed by atoms with van der Waals surface area (Å²) in [5.41, 5.74) is 15.8. The van der Waals surface area contributed by atoms with Crippen LogP contribution in [0.3, 0.4) is 0 Å². The molecule has 0 bridgehead atoms. The standard InChI is InChI=1S/C55H36N4/c1-6-28-50-45(23-1)46-24-2-7-29-51(46)57(50)42-20-12-16-38(34-42)37-15-11-19-41(33-37)55-56-49-27-5-10-32-54(49)59(55)44-22-14-18-40(36-44)39-17-13-21-43(35-39)58-52-30-8-3-25-47(52)48-26-4-9-31-53(48)58/h1-36H. The van der Waals surface area contributed by atoms with Crippen molar-refractivity contribution in [2.45, 2.75) is 0 Å². The summed E-state index contributed by atoms with van der Waals surface area (Å²) >= 11 is 0. The van der Waals surface area contributed by atoms with E-state index in [9.17, 15) is 0 Å². The monoisotopic (exact) mass is 752 g/mol. The Morgan fingerprint density at radius 3 is 1.05 bits per heavy atom. The van der Waals surface area contributed by atoms with Crippen molar-refractivity contribution in [2.75, 3.05) is 0 Å². The lowest BCUT2D eigenvalue weighted by atomic mass is 10.0. The predicted octanol–water partition coefficient (Wildman–Crippen LogP) is 14.2. The fraction of sp³-hybridized carbons (Fsp3) is 0. The molecule has 0 aliphatic heterocycles. The summed E-state index contributed by atoms with van der Waals surface area (Å²) in [6, 6.07) is 78.6. The predicted molar refractivity (Wildman–Crippen MR) is 246 cm³/mol. The number of nitrogens with zero attached hydrogens (tertiary/aromatic N) is 4. The zero-order valence-electron chi connectivity index (χ0n) is 32.1. The fourth-order valence-electron chi connectivity index (χ4n) is 9.19. The van der Waals surface area contributed by atoms with E-state index in [1.807, 2.05) is 0 Å². The molecule has 0 atom stereocenters. The van der Waals surface area contributed by atoms with Gasteiger partial charge in [0.05, 0.1) is 33.1 Å². The van der Waals surface area contributed by atoms with Gasteiger partial charge >= 0.3 is 0 Å². The Morgan fingerprint density at radius 2 is 0.593 bits per heavy atom. The van der Waals surface area contributed by atoms with Crippen LogP contribution in [0.1, 0.15) is 0 Å². The molecule has 3 aromatic heterocycles. The first-order valence-electron chi connectivity index (χ1n) is 20.1. The Bertz CT molecular complexity index is 3470.